The predicted molar refractivity (Wildman–Crippen MR) is 71.5 cm³/mol. The summed E-state index contributed by atoms with van der Waals surface area (Å²) >= 11 is 0. The van der Waals surface area contributed by atoms with Crippen molar-refractivity contribution in [3.8, 4) is 0 Å². The first-order valence-electron chi connectivity index (χ1n) is 6.49. The van der Waals surface area contributed by atoms with Crippen molar-refractivity contribution >= 4 is 22.0 Å². The van der Waals surface area contributed by atoms with Crippen LogP contribution in [0.1, 0.15) is 26.7 Å². The Labute approximate surface area is 118 Å². The van der Waals surface area contributed by atoms with Crippen LogP contribution < -0.4 is 0 Å². The van der Waals surface area contributed by atoms with Gasteiger partial charge in [0.25, 0.3) is 0 Å². The smallest absolute Gasteiger partial charge is 0.309 e. The number of esters is 1. The van der Waals surface area contributed by atoms with Crippen LogP contribution in [0.15, 0.2) is 0 Å². The van der Waals surface area contributed by atoms with Crippen molar-refractivity contribution in [2.45, 2.75) is 32.7 Å². The molecular weight excluding hydrogens is 286 g/mol. The molecule has 0 amide bonds. The topological polar surface area (TPSA) is 101 Å². The normalized spacial score (nSPS) is 25.9. The standard InChI is InChI=1S/C12H21NO6S/c1-8(12(16)19-3)7-20(17,18)13-6-10(11(14)15)5-4-9(13)2/h8-10H,4-7H2,1-3H3,(H,14,15). The van der Waals surface area contributed by atoms with Gasteiger partial charge in [-0.1, -0.05) is 6.92 Å². The predicted octanol–water partition coefficient (Wildman–Crippen LogP) is 0.310. The van der Waals surface area contributed by atoms with Gasteiger partial charge in [0.15, 0.2) is 0 Å². The van der Waals surface area contributed by atoms with E-state index in [9.17, 15) is 18.0 Å². The van der Waals surface area contributed by atoms with Crippen LogP contribution in [0.3, 0.4) is 0 Å². The molecule has 0 radical (unpaired) electrons. The maximum atomic E-state index is 12.3. The largest absolute Gasteiger partial charge is 0.481 e. The van der Waals surface area contributed by atoms with Gasteiger partial charge >= 0.3 is 11.9 Å². The highest BCUT2D eigenvalue weighted by molar-refractivity contribution is 7.89. The van der Waals surface area contributed by atoms with Crippen molar-refractivity contribution in [1.29, 1.82) is 0 Å². The average molecular weight is 307 g/mol. The van der Waals surface area contributed by atoms with E-state index in [2.05, 4.69) is 4.74 Å². The molecule has 1 fully saturated rings. The van der Waals surface area contributed by atoms with Gasteiger partial charge < -0.3 is 9.84 Å². The monoisotopic (exact) mass is 307 g/mol. The minimum absolute atomic E-state index is 0.0350. The number of hydrogen-bond donors (Lipinski definition) is 1. The molecule has 1 rings (SSSR count). The third kappa shape index (κ3) is 3.92. The Hall–Kier alpha value is -1.15. The molecule has 3 atom stereocenters. The second-order valence-electron chi connectivity index (χ2n) is 5.23. The zero-order valence-corrected chi connectivity index (χ0v) is 12.7. The summed E-state index contributed by atoms with van der Waals surface area (Å²) in [5, 5.41) is 9.02. The number of sulfonamides is 1. The van der Waals surface area contributed by atoms with Crippen LogP contribution in [0.2, 0.25) is 0 Å². The quantitative estimate of drug-likeness (QED) is 0.734. The van der Waals surface area contributed by atoms with Gasteiger partial charge in [0, 0.05) is 12.6 Å². The number of rotatable bonds is 5. The highest BCUT2D eigenvalue weighted by atomic mass is 32.2. The van der Waals surface area contributed by atoms with E-state index in [4.69, 9.17) is 5.11 Å². The zero-order chi connectivity index (χ0) is 15.5. The SMILES string of the molecule is COC(=O)C(C)CS(=O)(=O)N1CC(C(=O)O)CCC1C. The molecule has 1 aliphatic heterocycles. The minimum Gasteiger partial charge on any atom is -0.481 e. The van der Waals surface area contributed by atoms with Crippen LogP contribution in [-0.2, 0) is 24.3 Å². The van der Waals surface area contributed by atoms with Crippen molar-refractivity contribution < 1.29 is 27.9 Å². The van der Waals surface area contributed by atoms with Gasteiger partial charge in [-0.25, -0.2) is 8.42 Å². The third-order valence-electron chi connectivity index (χ3n) is 3.60. The maximum absolute atomic E-state index is 12.3. The fourth-order valence-electron chi connectivity index (χ4n) is 2.35. The number of carbonyl (C=O) groups excluding carboxylic acids is 1. The molecule has 1 N–H and O–H groups in total. The number of carboxylic acid groups (broad SMARTS) is 1. The van der Waals surface area contributed by atoms with Gasteiger partial charge in [-0.3, -0.25) is 9.59 Å². The zero-order valence-electron chi connectivity index (χ0n) is 11.9. The molecule has 3 unspecified atom stereocenters. The molecular formula is C12H21NO6S. The fourth-order valence-corrected chi connectivity index (χ4v) is 4.37. The second-order valence-corrected chi connectivity index (χ2v) is 7.20. The molecule has 0 spiro atoms. The molecule has 20 heavy (non-hydrogen) atoms. The first kappa shape index (κ1) is 16.9. The number of hydrogen-bond acceptors (Lipinski definition) is 5. The molecule has 0 aromatic rings. The molecule has 1 aliphatic rings. The molecule has 1 saturated heterocycles. The van der Waals surface area contributed by atoms with Gasteiger partial charge in [0.2, 0.25) is 10.0 Å². The minimum atomic E-state index is -3.68. The van der Waals surface area contributed by atoms with Gasteiger partial charge in [-0.15, -0.1) is 0 Å². The molecule has 0 saturated carbocycles. The van der Waals surface area contributed by atoms with E-state index in [0.29, 0.717) is 12.8 Å². The molecule has 0 aliphatic carbocycles. The summed E-state index contributed by atoms with van der Waals surface area (Å²) in [5.74, 6) is -3.40. The van der Waals surface area contributed by atoms with E-state index in [0.717, 1.165) is 0 Å². The lowest BCUT2D eigenvalue weighted by Crippen LogP contribution is -2.49. The van der Waals surface area contributed by atoms with E-state index >= 15 is 0 Å². The van der Waals surface area contributed by atoms with Gasteiger partial charge in [-0.05, 0) is 19.8 Å². The third-order valence-corrected chi connectivity index (χ3v) is 5.74. The number of ether oxygens (including phenoxy) is 1. The number of methoxy groups -OCH3 is 1. The number of carboxylic acids is 1. The fraction of sp³-hybridized carbons (Fsp3) is 0.833. The van der Waals surface area contributed by atoms with Crippen LogP contribution in [0.4, 0.5) is 0 Å². The Morgan fingerprint density at radius 1 is 1.40 bits per heavy atom. The van der Waals surface area contributed by atoms with Gasteiger partial charge in [0.05, 0.1) is 24.7 Å². The first-order valence-corrected chi connectivity index (χ1v) is 8.10. The first-order chi connectivity index (χ1) is 9.19. The number of piperidine rings is 1. The van der Waals surface area contributed by atoms with E-state index in [-0.39, 0.29) is 18.3 Å². The lowest BCUT2D eigenvalue weighted by Gasteiger charge is -2.35. The van der Waals surface area contributed by atoms with Crippen LogP contribution in [-0.4, -0.2) is 55.2 Å². The second kappa shape index (κ2) is 6.53. The Bertz CT molecular complexity index is 474. The number of nitrogens with zero attached hydrogens (tertiary/aromatic N) is 1. The molecule has 116 valence electrons. The summed E-state index contributed by atoms with van der Waals surface area (Å²) in [5.41, 5.74) is 0. The molecule has 7 nitrogen and oxygen atoms in total. The van der Waals surface area contributed by atoms with Crippen molar-refractivity contribution in [2.24, 2.45) is 11.8 Å². The summed E-state index contributed by atoms with van der Waals surface area (Å²) in [4.78, 5) is 22.3. The number of aliphatic carboxylic acids is 1. The van der Waals surface area contributed by atoms with Crippen molar-refractivity contribution in [3.63, 3.8) is 0 Å². The number of carbonyl (C=O) groups is 2. The molecule has 8 heteroatoms. The van der Waals surface area contributed by atoms with Crippen LogP contribution in [0.25, 0.3) is 0 Å². The molecule has 0 aromatic carbocycles. The highest BCUT2D eigenvalue weighted by Crippen LogP contribution is 2.25. The van der Waals surface area contributed by atoms with E-state index in [1.54, 1.807) is 6.92 Å². The summed E-state index contributed by atoms with van der Waals surface area (Å²) in [6.45, 7) is 3.19. The van der Waals surface area contributed by atoms with E-state index in [1.807, 2.05) is 0 Å². The van der Waals surface area contributed by atoms with Crippen molar-refractivity contribution in [2.75, 3.05) is 19.4 Å². The Kier molecular flexibility index (Phi) is 5.52. The van der Waals surface area contributed by atoms with Crippen LogP contribution >= 0.6 is 0 Å². The summed E-state index contributed by atoms with van der Waals surface area (Å²) in [6, 6.07) is -0.250. The highest BCUT2D eigenvalue weighted by Gasteiger charge is 2.37. The molecule has 0 bridgehead atoms. The van der Waals surface area contributed by atoms with Crippen LogP contribution in [0.5, 0.6) is 0 Å². The maximum Gasteiger partial charge on any atom is 0.309 e. The Balaban J connectivity index is 2.84. The van der Waals surface area contributed by atoms with Gasteiger partial charge in [-0.2, -0.15) is 4.31 Å². The lowest BCUT2D eigenvalue weighted by atomic mass is 9.96. The molecule has 1 heterocycles. The van der Waals surface area contributed by atoms with E-state index < -0.39 is 33.8 Å². The summed E-state index contributed by atoms with van der Waals surface area (Å²) in [7, 11) is -2.48. The van der Waals surface area contributed by atoms with Crippen LogP contribution in [0, 0.1) is 11.8 Å². The molecule has 0 aromatic heterocycles. The van der Waals surface area contributed by atoms with Crippen molar-refractivity contribution in [3.05, 3.63) is 0 Å². The van der Waals surface area contributed by atoms with Gasteiger partial charge in [0.1, 0.15) is 0 Å². The Morgan fingerprint density at radius 2 is 2.00 bits per heavy atom. The lowest BCUT2D eigenvalue weighted by molar-refractivity contribution is -0.144. The van der Waals surface area contributed by atoms with Crippen molar-refractivity contribution in [1.82, 2.24) is 4.31 Å². The van der Waals surface area contributed by atoms with E-state index in [1.165, 1.54) is 18.3 Å². The average Bonchev–Trinajstić information content (AvgIpc) is 2.37. The Morgan fingerprint density at radius 3 is 2.50 bits per heavy atom. The summed E-state index contributed by atoms with van der Waals surface area (Å²) in [6.07, 6.45) is 0.970. The summed E-state index contributed by atoms with van der Waals surface area (Å²) < 4.78 is 30.4.